The van der Waals surface area contributed by atoms with Gasteiger partial charge in [-0.2, -0.15) is 0 Å². The molecule has 2 heterocycles. The molecule has 0 amide bonds. The molecule has 0 atom stereocenters. The summed E-state index contributed by atoms with van der Waals surface area (Å²) in [6.45, 7) is 8.67. The first-order valence-corrected chi connectivity index (χ1v) is 7.71. The topological polar surface area (TPSA) is 34.1 Å². The van der Waals surface area contributed by atoms with Crippen LogP contribution in [0, 0.1) is 0 Å². The summed E-state index contributed by atoms with van der Waals surface area (Å²) in [4.78, 5) is 6.90. The lowest BCUT2D eigenvalue weighted by Crippen LogP contribution is -2.33. The second kappa shape index (κ2) is 5.16. The molecule has 0 N–H and O–H groups in total. The first-order chi connectivity index (χ1) is 11.1. The van der Waals surface area contributed by atoms with Crippen LogP contribution < -0.4 is 14.4 Å². The van der Waals surface area contributed by atoms with Crippen molar-refractivity contribution in [3.63, 3.8) is 0 Å². The number of hydrogen-bond donors (Lipinski definition) is 0. The van der Waals surface area contributed by atoms with Gasteiger partial charge in [-0.15, -0.1) is 0 Å². The minimum atomic E-state index is 0.252. The van der Waals surface area contributed by atoms with Crippen LogP contribution in [0.15, 0.2) is 59.9 Å². The highest BCUT2D eigenvalue weighted by Gasteiger charge is 2.29. The SMILES string of the molecule is C=C1N=C(c2ccccc2)c2cc3c(cc2N1C(C)C)OCO3. The number of ether oxygens (including phenoxy) is 2. The summed E-state index contributed by atoms with van der Waals surface area (Å²) in [6.07, 6.45) is 0. The van der Waals surface area contributed by atoms with Crippen LogP contribution in [0.1, 0.15) is 25.0 Å². The quantitative estimate of drug-likeness (QED) is 0.842. The van der Waals surface area contributed by atoms with Crippen molar-refractivity contribution in [2.24, 2.45) is 4.99 Å². The summed E-state index contributed by atoms with van der Waals surface area (Å²) >= 11 is 0. The third-order valence-electron chi connectivity index (χ3n) is 4.09. The van der Waals surface area contributed by atoms with Crippen LogP contribution in [0.3, 0.4) is 0 Å². The van der Waals surface area contributed by atoms with Crippen molar-refractivity contribution in [1.82, 2.24) is 0 Å². The molecular weight excluding hydrogens is 288 g/mol. The van der Waals surface area contributed by atoms with Crippen LogP contribution >= 0.6 is 0 Å². The maximum absolute atomic E-state index is 5.55. The Morgan fingerprint density at radius 2 is 1.78 bits per heavy atom. The third kappa shape index (κ3) is 2.18. The van der Waals surface area contributed by atoms with E-state index in [0.717, 1.165) is 39.8 Å². The summed E-state index contributed by atoms with van der Waals surface area (Å²) in [5, 5.41) is 0. The molecule has 0 aromatic heterocycles. The maximum Gasteiger partial charge on any atom is 0.231 e. The molecule has 4 heteroatoms. The zero-order valence-corrected chi connectivity index (χ0v) is 13.2. The molecule has 0 fully saturated rings. The average Bonchev–Trinajstić information content (AvgIpc) is 3.00. The van der Waals surface area contributed by atoms with Crippen LogP contribution in [-0.4, -0.2) is 18.5 Å². The molecule has 0 radical (unpaired) electrons. The first-order valence-electron chi connectivity index (χ1n) is 7.71. The molecule has 0 bridgehead atoms. The Kier molecular flexibility index (Phi) is 3.11. The van der Waals surface area contributed by atoms with Crippen molar-refractivity contribution >= 4 is 11.4 Å². The van der Waals surface area contributed by atoms with Crippen molar-refractivity contribution in [2.75, 3.05) is 11.7 Å². The molecule has 2 aliphatic heterocycles. The average molecular weight is 306 g/mol. The van der Waals surface area contributed by atoms with Gasteiger partial charge in [0.2, 0.25) is 6.79 Å². The van der Waals surface area contributed by atoms with Gasteiger partial charge in [0.15, 0.2) is 11.5 Å². The lowest BCUT2D eigenvalue weighted by atomic mass is 9.97. The van der Waals surface area contributed by atoms with Gasteiger partial charge in [0, 0.05) is 23.2 Å². The Hall–Kier alpha value is -2.75. The Morgan fingerprint density at radius 1 is 1.09 bits per heavy atom. The third-order valence-corrected chi connectivity index (χ3v) is 4.09. The molecule has 4 nitrogen and oxygen atoms in total. The van der Waals surface area contributed by atoms with E-state index in [1.54, 1.807) is 0 Å². The normalized spacial score (nSPS) is 15.7. The summed E-state index contributed by atoms with van der Waals surface area (Å²) in [7, 11) is 0. The van der Waals surface area contributed by atoms with E-state index in [1.165, 1.54) is 0 Å². The van der Waals surface area contributed by atoms with Crippen LogP contribution in [0.2, 0.25) is 0 Å². The lowest BCUT2D eigenvalue weighted by molar-refractivity contribution is 0.174. The monoisotopic (exact) mass is 306 g/mol. The Morgan fingerprint density at radius 3 is 2.48 bits per heavy atom. The number of benzene rings is 2. The van der Waals surface area contributed by atoms with Gasteiger partial charge >= 0.3 is 0 Å². The molecule has 0 unspecified atom stereocenters. The standard InChI is InChI=1S/C19H18N2O2/c1-12(2)21-13(3)20-19(14-7-5-4-6-8-14)15-9-17-18(10-16(15)21)23-11-22-17/h4-10,12H,3,11H2,1-2H3. The van der Waals surface area contributed by atoms with E-state index < -0.39 is 0 Å². The van der Waals surface area contributed by atoms with Crippen molar-refractivity contribution in [3.8, 4) is 11.5 Å². The second-order valence-corrected chi connectivity index (χ2v) is 5.93. The Bertz CT molecular complexity index is 810. The van der Waals surface area contributed by atoms with Crippen LogP contribution in [0.4, 0.5) is 5.69 Å². The van der Waals surface area contributed by atoms with Crippen LogP contribution in [0.5, 0.6) is 11.5 Å². The first kappa shape index (κ1) is 13.9. The number of nitrogens with zero attached hydrogens (tertiary/aromatic N) is 2. The van der Waals surface area contributed by atoms with Gasteiger partial charge < -0.3 is 14.4 Å². The Labute approximate surface area is 135 Å². The molecule has 116 valence electrons. The molecule has 0 saturated carbocycles. The van der Waals surface area contributed by atoms with Crippen LogP contribution in [0.25, 0.3) is 0 Å². The van der Waals surface area contributed by atoms with E-state index in [-0.39, 0.29) is 12.8 Å². The number of fused-ring (bicyclic) bond motifs is 2. The van der Waals surface area contributed by atoms with Gasteiger partial charge in [-0.25, -0.2) is 4.99 Å². The van der Waals surface area contributed by atoms with Crippen LogP contribution in [-0.2, 0) is 0 Å². The van der Waals surface area contributed by atoms with E-state index in [2.05, 4.69) is 37.5 Å². The molecule has 23 heavy (non-hydrogen) atoms. The van der Waals surface area contributed by atoms with Crippen molar-refractivity contribution in [2.45, 2.75) is 19.9 Å². The molecule has 2 aliphatic rings. The van der Waals surface area contributed by atoms with E-state index in [0.29, 0.717) is 0 Å². The van der Waals surface area contributed by atoms with Gasteiger partial charge in [0.1, 0.15) is 5.82 Å². The van der Waals surface area contributed by atoms with E-state index in [9.17, 15) is 0 Å². The number of rotatable bonds is 2. The minimum absolute atomic E-state index is 0.252. The summed E-state index contributed by atoms with van der Waals surface area (Å²) in [5.74, 6) is 2.28. The fourth-order valence-electron chi connectivity index (χ4n) is 3.09. The number of anilines is 1. The molecule has 2 aromatic carbocycles. The van der Waals surface area contributed by atoms with Gasteiger partial charge in [-0.3, -0.25) is 0 Å². The maximum atomic E-state index is 5.55. The number of aliphatic imine (C=N–C) groups is 1. The zero-order valence-electron chi connectivity index (χ0n) is 13.2. The fraction of sp³-hybridized carbons (Fsp3) is 0.211. The molecule has 2 aromatic rings. The summed E-state index contributed by atoms with van der Waals surface area (Å²) in [5.41, 5.74) is 4.09. The largest absolute Gasteiger partial charge is 0.454 e. The van der Waals surface area contributed by atoms with Gasteiger partial charge in [0.25, 0.3) is 0 Å². The summed E-state index contributed by atoms with van der Waals surface area (Å²) < 4.78 is 11.1. The minimum Gasteiger partial charge on any atom is -0.454 e. The molecule has 0 spiro atoms. The Balaban J connectivity index is 1.95. The predicted molar refractivity (Wildman–Crippen MR) is 91.4 cm³/mol. The van der Waals surface area contributed by atoms with Crippen molar-refractivity contribution in [3.05, 3.63) is 66.0 Å². The lowest BCUT2D eigenvalue weighted by Gasteiger charge is -2.34. The summed E-state index contributed by atoms with van der Waals surface area (Å²) in [6, 6.07) is 14.5. The highest BCUT2D eigenvalue weighted by Crippen LogP contribution is 2.43. The predicted octanol–water partition coefficient (Wildman–Crippen LogP) is 3.95. The van der Waals surface area contributed by atoms with Crippen molar-refractivity contribution in [1.29, 1.82) is 0 Å². The molecule has 0 aliphatic carbocycles. The highest BCUT2D eigenvalue weighted by atomic mass is 16.7. The smallest absolute Gasteiger partial charge is 0.231 e. The van der Waals surface area contributed by atoms with Crippen molar-refractivity contribution < 1.29 is 9.47 Å². The molecule has 4 rings (SSSR count). The molecular formula is C19H18N2O2. The fourth-order valence-corrected chi connectivity index (χ4v) is 3.09. The number of hydrogen-bond acceptors (Lipinski definition) is 4. The van der Waals surface area contributed by atoms with E-state index in [4.69, 9.17) is 14.5 Å². The highest BCUT2D eigenvalue weighted by molar-refractivity contribution is 6.18. The van der Waals surface area contributed by atoms with Gasteiger partial charge in [0.05, 0.1) is 11.4 Å². The van der Waals surface area contributed by atoms with E-state index in [1.807, 2.05) is 30.3 Å². The van der Waals surface area contributed by atoms with Gasteiger partial charge in [-0.05, 0) is 19.9 Å². The molecule has 0 saturated heterocycles. The second-order valence-electron chi connectivity index (χ2n) is 5.93. The van der Waals surface area contributed by atoms with Gasteiger partial charge in [-0.1, -0.05) is 36.9 Å². The van der Waals surface area contributed by atoms with E-state index >= 15 is 0 Å². The zero-order chi connectivity index (χ0) is 16.0.